The predicted octanol–water partition coefficient (Wildman–Crippen LogP) is 3.35. The summed E-state index contributed by atoms with van der Waals surface area (Å²) in [5.74, 6) is 0.380. The zero-order chi connectivity index (χ0) is 16.2. The van der Waals surface area contributed by atoms with E-state index in [1.165, 1.54) is 0 Å². The third kappa shape index (κ3) is 3.70. The molecule has 0 radical (unpaired) electrons. The second-order valence-corrected chi connectivity index (χ2v) is 6.50. The minimum absolute atomic E-state index is 0.0557. The number of nitrogens with zero attached hydrogens (tertiary/aromatic N) is 1. The lowest BCUT2D eigenvalue weighted by molar-refractivity contribution is -0.123. The van der Waals surface area contributed by atoms with E-state index in [0.717, 1.165) is 42.1 Å². The Kier molecular flexibility index (Phi) is 4.91. The Labute approximate surface area is 136 Å². The van der Waals surface area contributed by atoms with Gasteiger partial charge in [-0.1, -0.05) is 31.5 Å². The van der Waals surface area contributed by atoms with Crippen LogP contribution in [0.2, 0.25) is 0 Å². The van der Waals surface area contributed by atoms with Crippen molar-refractivity contribution >= 4 is 16.8 Å². The molecule has 1 unspecified atom stereocenters. The second-order valence-electron chi connectivity index (χ2n) is 6.50. The van der Waals surface area contributed by atoms with E-state index >= 15 is 0 Å². The maximum absolute atomic E-state index is 12.2. The topological polar surface area (TPSA) is 62.2 Å². The average molecular weight is 312 g/mol. The summed E-state index contributed by atoms with van der Waals surface area (Å²) < 4.78 is 0. The van der Waals surface area contributed by atoms with Crippen molar-refractivity contribution in [2.75, 3.05) is 0 Å². The van der Waals surface area contributed by atoms with Gasteiger partial charge in [0.1, 0.15) is 0 Å². The molecule has 1 aromatic carbocycles. The van der Waals surface area contributed by atoms with E-state index in [0.29, 0.717) is 12.3 Å². The molecule has 2 N–H and O–H groups in total. The number of nitrogens with one attached hydrogen (secondary N) is 1. The van der Waals surface area contributed by atoms with Crippen molar-refractivity contribution in [2.45, 2.75) is 51.2 Å². The van der Waals surface area contributed by atoms with Gasteiger partial charge in [0.15, 0.2) is 0 Å². The van der Waals surface area contributed by atoms with Crippen LogP contribution in [0.25, 0.3) is 10.9 Å². The van der Waals surface area contributed by atoms with Crippen LogP contribution in [0.15, 0.2) is 36.5 Å². The van der Waals surface area contributed by atoms with Crippen LogP contribution in [0, 0.1) is 5.92 Å². The highest BCUT2D eigenvalue weighted by Gasteiger charge is 2.35. The number of para-hydroxylation sites is 1. The molecule has 1 amide bonds. The fourth-order valence-electron chi connectivity index (χ4n) is 3.22. The van der Waals surface area contributed by atoms with Crippen LogP contribution < -0.4 is 5.32 Å². The molecule has 2 aromatic rings. The Morgan fingerprint density at radius 3 is 2.91 bits per heavy atom. The first-order valence-corrected chi connectivity index (χ1v) is 8.49. The van der Waals surface area contributed by atoms with Gasteiger partial charge in [0.2, 0.25) is 5.91 Å². The minimum Gasteiger partial charge on any atom is -0.393 e. The van der Waals surface area contributed by atoms with E-state index in [-0.39, 0.29) is 18.1 Å². The summed E-state index contributed by atoms with van der Waals surface area (Å²) >= 11 is 0. The fourth-order valence-corrected chi connectivity index (χ4v) is 3.22. The van der Waals surface area contributed by atoms with Crippen LogP contribution in [0.4, 0.5) is 0 Å². The van der Waals surface area contributed by atoms with Gasteiger partial charge in [0.25, 0.3) is 0 Å². The van der Waals surface area contributed by atoms with Gasteiger partial charge in [-0.05, 0) is 42.9 Å². The lowest BCUT2D eigenvalue weighted by Gasteiger charge is -2.38. The van der Waals surface area contributed by atoms with Gasteiger partial charge in [0.05, 0.1) is 17.7 Å². The SMILES string of the molecule is CCCCC(=O)NC(c1cnc2ccccc2c1)C1CC(O)C1. The number of unbranched alkanes of at least 4 members (excludes halogenated alkanes) is 1. The third-order valence-corrected chi connectivity index (χ3v) is 4.67. The highest BCUT2D eigenvalue weighted by molar-refractivity contribution is 5.80. The molecule has 4 nitrogen and oxygen atoms in total. The van der Waals surface area contributed by atoms with Crippen LogP contribution in [0.5, 0.6) is 0 Å². The maximum atomic E-state index is 12.2. The van der Waals surface area contributed by atoms with Crippen LogP contribution in [0.1, 0.15) is 50.6 Å². The molecule has 1 aromatic heterocycles. The van der Waals surface area contributed by atoms with Crippen LogP contribution in [-0.2, 0) is 4.79 Å². The van der Waals surface area contributed by atoms with Crippen molar-refractivity contribution in [3.63, 3.8) is 0 Å². The molecule has 0 saturated heterocycles. The van der Waals surface area contributed by atoms with Crippen molar-refractivity contribution in [3.8, 4) is 0 Å². The highest BCUT2D eigenvalue weighted by Crippen LogP contribution is 2.38. The fraction of sp³-hybridized carbons (Fsp3) is 0.474. The molecule has 23 heavy (non-hydrogen) atoms. The smallest absolute Gasteiger partial charge is 0.220 e. The van der Waals surface area contributed by atoms with Crippen LogP contribution in [-0.4, -0.2) is 22.1 Å². The van der Waals surface area contributed by atoms with E-state index in [1.807, 2.05) is 30.5 Å². The summed E-state index contributed by atoms with van der Waals surface area (Å²) in [5, 5.41) is 13.9. The van der Waals surface area contributed by atoms with Crippen molar-refractivity contribution in [2.24, 2.45) is 5.92 Å². The van der Waals surface area contributed by atoms with Gasteiger partial charge in [0, 0.05) is 18.0 Å². The molecule has 1 aliphatic carbocycles. The minimum atomic E-state index is -0.233. The number of carbonyl (C=O) groups is 1. The Hall–Kier alpha value is -1.94. The number of hydrogen-bond acceptors (Lipinski definition) is 3. The summed E-state index contributed by atoms with van der Waals surface area (Å²) in [6.45, 7) is 2.08. The zero-order valence-electron chi connectivity index (χ0n) is 13.5. The molecule has 3 rings (SSSR count). The van der Waals surface area contributed by atoms with Crippen molar-refractivity contribution in [1.82, 2.24) is 10.3 Å². The molecule has 1 saturated carbocycles. The van der Waals surface area contributed by atoms with E-state index in [2.05, 4.69) is 23.3 Å². The second kappa shape index (κ2) is 7.09. The van der Waals surface area contributed by atoms with Crippen molar-refractivity contribution in [1.29, 1.82) is 0 Å². The molecule has 1 atom stereocenters. The number of fused-ring (bicyclic) bond motifs is 1. The van der Waals surface area contributed by atoms with E-state index in [9.17, 15) is 9.90 Å². The number of rotatable bonds is 6. The highest BCUT2D eigenvalue weighted by atomic mass is 16.3. The van der Waals surface area contributed by atoms with Gasteiger partial charge in [-0.25, -0.2) is 0 Å². The number of amides is 1. The number of aliphatic hydroxyl groups is 1. The lowest BCUT2D eigenvalue weighted by atomic mass is 9.75. The summed E-state index contributed by atoms with van der Waals surface area (Å²) in [6, 6.07) is 10.0. The summed E-state index contributed by atoms with van der Waals surface area (Å²) in [6.07, 6.45) is 5.58. The maximum Gasteiger partial charge on any atom is 0.220 e. The largest absolute Gasteiger partial charge is 0.393 e. The van der Waals surface area contributed by atoms with Gasteiger partial charge in [-0.3, -0.25) is 9.78 Å². The molecule has 0 spiro atoms. The number of hydrogen-bond donors (Lipinski definition) is 2. The zero-order valence-corrected chi connectivity index (χ0v) is 13.5. The number of aliphatic hydroxyl groups excluding tert-OH is 1. The normalized spacial score (nSPS) is 21.7. The molecule has 0 aliphatic heterocycles. The lowest BCUT2D eigenvalue weighted by Crippen LogP contribution is -2.41. The number of benzene rings is 1. The van der Waals surface area contributed by atoms with Crippen molar-refractivity contribution < 1.29 is 9.90 Å². The summed E-state index contributed by atoms with van der Waals surface area (Å²) in [5.41, 5.74) is 1.99. The monoisotopic (exact) mass is 312 g/mol. The van der Waals surface area contributed by atoms with Gasteiger partial charge < -0.3 is 10.4 Å². The van der Waals surface area contributed by atoms with Crippen LogP contribution in [0.3, 0.4) is 0 Å². The number of pyridine rings is 1. The van der Waals surface area contributed by atoms with E-state index in [1.54, 1.807) is 0 Å². The third-order valence-electron chi connectivity index (χ3n) is 4.67. The quantitative estimate of drug-likeness (QED) is 0.860. The van der Waals surface area contributed by atoms with Gasteiger partial charge >= 0.3 is 0 Å². The Morgan fingerprint density at radius 2 is 2.17 bits per heavy atom. The van der Waals surface area contributed by atoms with Crippen LogP contribution >= 0.6 is 0 Å². The Morgan fingerprint density at radius 1 is 1.39 bits per heavy atom. The average Bonchev–Trinajstić information content (AvgIpc) is 2.55. The predicted molar refractivity (Wildman–Crippen MR) is 90.9 cm³/mol. The molecular formula is C19H24N2O2. The molecule has 1 fully saturated rings. The van der Waals surface area contributed by atoms with E-state index < -0.39 is 0 Å². The molecule has 1 heterocycles. The standard InChI is InChI=1S/C19H24N2O2/c1-2-3-8-18(23)21-19(14-10-16(22)11-14)15-9-13-6-4-5-7-17(13)20-12-15/h4-7,9,12,14,16,19,22H,2-3,8,10-11H2,1H3,(H,21,23). The molecule has 122 valence electrons. The van der Waals surface area contributed by atoms with Gasteiger partial charge in [-0.15, -0.1) is 0 Å². The molecule has 0 bridgehead atoms. The molecule has 4 heteroatoms. The number of aromatic nitrogens is 1. The summed E-state index contributed by atoms with van der Waals surface area (Å²) in [7, 11) is 0. The summed E-state index contributed by atoms with van der Waals surface area (Å²) in [4.78, 5) is 16.7. The first-order chi connectivity index (χ1) is 11.2. The Bertz CT molecular complexity index is 680. The first kappa shape index (κ1) is 15.9. The van der Waals surface area contributed by atoms with Gasteiger partial charge in [-0.2, -0.15) is 0 Å². The number of carbonyl (C=O) groups excluding carboxylic acids is 1. The molecular weight excluding hydrogens is 288 g/mol. The Balaban J connectivity index is 1.82. The first-order valence-electron chi connectivity index (χ1n) is 8.49. The van der Waals surface area contributed by atoms with Crippen molar-refractivity contribution in [3.05, 3.63) is 42.1 Å². The van der Waals surface area contributed by atoms with E-state index in [4.69, 9.17) is 0 Å². The molecule has 1 aliphatic rings.